The van der Waals surface area contributed by atoms with Gasteiger partial charge < -0.3 is 0 Å². The van der Waals surface area contributed by atoms with Gasteiger partial charge in [0.05, 0.1) is 0 Å². The van der Waals surface area contributed by atoms with Gasteiger partial charge in [0.2, 0.25) is 0 Å². The van der Waals surface area contributed by atoms with Crippen LogP contribution in [0.25, 0.3) is 0 Å². The van der Waals surface area contributed by atoms with Gasteiger partial charge in [0, 0.05) is 8.41 Å². The van der Waals surface area contributed by atoms with Gasteiger partial charge in [0.15, 0.2) is 0 Å². The van der Waals surface area contributed by atoms with Gasteiger partial charge >= 0.3 is 0 Å². The molecule has 0 spiro atoms. The van der Waals surface area contributed by atoms with E-state index in [1.807, 2.05) is 0 Å². The lowest BCUT2D eigenvalue weighted by Crippen LogP contribution is -2.03. The quantitative estimate of drug-likeness (QED) is 0.511. The highest BCUT2D eigenvalue weighted by atomic mass is 31.1. The highest BCUT2D eigenvalue weighted by Crippen LogP contribution is 2.47. The average molecular weight is 203 g/mol. The fraction of sp³-hybridized carbons (Fsp3) is 0.500. The number of hydrogen-bond donors (Lipinski definition) is 0. The van der Waals surface area contributed by atoms with Gasteiger partial charge in [-0.25, -0.2) is 0 Å². The molecule has 1 aromatic carbocycles. The smallest absolute Gasteiger partial charge is 0 e. The van der Waals surface area contributed by atoms with Crippen LogP contribution in [0.3, 0.4) is 0 Å². The lowest BCUT2D eigenvalue weighted by molar-refractivity contribution is 0.774. The normalized spacial score (nSPS) is 25.8. The molecule has 0 nitrogen and oxygen atoms in total. The third-order valence-corrected chi connectivity index (χ3v) is 5.69. The van der Waals surface area contributed by atoms with Gasteiger partial charge in [-0.05, 0) is 43.3 Å². The predicted octanol–water partition coefficient (Wildman–Crippen LogP) is 3.12. The Hall–Kier alpha value is -0.285. The molecular weight excluding hydrogens is 186 g/mol. The Morgan fingerprint density at radius 2 is 2.00 bits per heavy atom. The zero-order valence-corrected chi connectivity index (χ0v) is 9.71. The van der Waals surface area contributed by atoms with Crippen molar-refractivity contribution in [2.75, 3.05) is 12.8 Å². The molecule has 0 bridgehead atoms. The Bertz CT molecular complexity index is 260. The van der Waals surface area contributed by atoms with Crippen LogP contribution in [0.15, 0.2) is 30.3 Å². The third kappa shape index (κ3) is 2.85. The second-order valence-corrected chi connectivity index (χ2v) is 6.66. The topological polar surface area (TPSA) is 0 Å². The Kier molecular flexibility index (Phi) is 4.68. The molecule has 0 aliphatic carbocycles. The van der Waals surface area contributed by atoms with Crippen molar-refractivity contribution in [3.8, 4) is 0 Å². The highest BCUT2D eigenvalue weighted by Gasteiger charge is 2.22. The van der Waals surface area contributed by atoms with Crippen LogP contribution in [0.1, 0.15) is 18.4 Å². The molecule has 0 amide bonds. The van der Waals surface area contributed by atoms with E-state index in [-0.39, 0.29) is 8.41 Å². The molecule has 3 radical (unpaired) electrons. The maximum Gasteiger partial charge on any atom is 0 e. The van der Waals surface area contributed by atoms with Crippen molar-refractivity contribution in [2.45, 2.75) is 24.9 Å². The molecule has 1 heterocycles. The van der Waals surface area contributed by atoms with Crippen molar-refractivity contribution in [1.29, 1.82) is 0 Å². The molecule has 1 aliphatic rings. The molecule has 1 saturated heterocycles. The van der Waals surface area contributed by atoms with Crippen LogP contribution in [0.5, 0.6) is 0 Å². The van der Waals surface area contributed by atoms with E-state index in [1.165, 1.54) is 31.0 Å². The van der Waals surface area contributed by atoms with Gasteiger partial charge in [-0.1, -0.05) is 30.3 Å². The zero-order valence-electron chi connectivity index (χ0n) is 8.82. The summed E-state index contributed by atoms with van der Waals surface area (Å²) in [6.45, 7) is 2.47. The molecule has 0 N–H and O–H groups in total. The molecule has 14 heavy (non-hydrogen) atoms. The molecular formula is C12H17BP. The minimum Gasteiger partial charge on any atom is -0.106 e. The van der Waals surface area contributed by atoms with E-state index >= 15 is 0 Å². The zero-order chi connectivity index (χ0) is 9.10. The van der Waals surface area contributed by atoms with Crippen LogP contribution < -0.4 is 0 Å². The maximum atomic E-state index is 2.47. The summed E-state index contributed by atoms with van der Waals surface area (Å²) in [5, 5.41) is 0. The van der Waals surface area contributed by atoms with Crippen molar-refractivity contribution >= 4 is 16.3 Å². The van der Waals surface area contributed by atoms with Gasteiger partial charge in [-0.15, -0.1) is 7.92 Å². The summed E-state index contributed by atoms with van der Waals surface area (Å²) in [7, 11) is 0.348. The van der Waals surface area contributed by atoms with E-state index in [2.05, 4.69) is 37.0 Å². The summed E-state index contributed by atoms with van der Waals surface area (Å²) in [6.07, 6.45) is 5.77. The average Bonchev–Trinajstić information content (AvgIpc) is 2.54. The monoisotopic (exact) mass is 203 g/mol. The summed E-state index contributed by atoms with van der Waals surface area (Å²) < 4.78 is 0. The molecule has 2 atom stereocenters. The van der Waals surface area contributed by atoms with Gasteiger partial charge in [0.25, 0.3) is 0 Å². The highest BCUT2D eigenvalue weighted by molar-refractivity contribution is 7.57. The first kappa shape index (κ1) is 11.8. The van der Waals surface area contributed by atoms with Crippen molar-refractivity contribution in [3.63, 3.8) is 0 Å². The molecule has 2 rings (SSSR count). The van der Waals surface area contributed by atoms with E-state index in [0.29, 0.717) is 7.92 Å². The molecule has 1 fully saturated rings. The second-order valence-electron chi connectivity index (χ2n) is 3.97. The summed E-state index contributed by atoms with van der Waals surface area (Å²) >= 11 is 0. The largest absolute Gasteiger partial charge is 0.106 e. The Balaban J connectivity index is 0.000000980. The van der Waals surface area contributed by atoms with Crippen LogP contribution in [0.4, 0.5) is 0 Å². The Morgan fingerprint density at radius 3 is 2.57 bits per heavy atom. The number of rotatable bonds is 2. The van der Waals surface area contributed by atoms with Crippen molar-refractivity contribution in [3.05, 3.63) is 35.9 Å². The lowest BCUT2D eigenvalue weighted by atomic mass is 10.1. The van der Waals surface area contributed by atoms with Crippen LogP contribution >= 0.6 is 7.92 Å². The Morgan fingerprint density at radius 1 is 1.29 bits per heavy atom. The Labute approximate surface area is 90.4 Å². The molecule has 2 unspecified atom stereocenters. The second kappa shape index (κ2) is 5.56. The maximum absolute atomic E-state index is 2.47. The summed E-state index contributed by atoms with van der Waals surface area (Å²) in [6, 6.07) is 10.9. The van der Waals surface area contributed by atoms with E-state index < -0.39 is 0 Å². The first-order valence-corrected chi connectivity index (χ1v) is 7.15. The minimum absolute atomic E-state index is 0. The van der Waals surface area contributed by atoms with Crippen LogP contribution in [-0.4, -0.2) is 26.9 Å². The van der Waals surface area contributed by atoms with Gasteiger partial charge in [-0.2, -0.15) is 0 Å². The SMILES string of the molecule is CP1CCCC1Cc1ccccc1.[B]. The predicted molar refractivity (Wildman–Crippen MR) is 66.6 cm³/mol. The van der Waals surface area contributed by atoms with Crippen molar-refractivity contribution in [2.24, 2.45) is 0 Å². The minimum atomic E-state index is 0. The first-order chi connectivity index (χ1) is 6.36. The summed E-state index contributed by atoms with van der Waals surface area (Å²) in [5.74, 6) is 0. The number of benzene rings is 1. The van der Waals surface area contributed by atoms with Crippen molar-refractivity contribution < 1.29 is 0 Å². The van der Waals surface area contributed by atoms with E-state index in [1.54, 1.807) is 0 Å². The molecule has 2 heteroatoms. The molecule has 0 saturated carbocycles. The van der Waals surface area contributed by atoms with E-state index in [4.69, 9.17) is 0 Å². The van der Waals surface area contributed by atoms with E-state index in [9.17, 15) is 0 Å². The first-order valence-electron chi connectivity index (χ1n) is 5.10. The molecule has 0 aromatic heterocycles. The van der Waals surface area contributed by atoms with Crippen LogP contribution in [-0.2, 0) is 6.42 Å². The summed E-state index contributed by atoms with van der Waals surface area (Å²) in [5.41, 5.74) is 2.54. The molecule has 73 valence electrons. The molecule has 1 aromatic rings. The van der Waals surface area contributed by atoms with Gasteiger partial charge in [-0.3, -0.25) is 0 Å². The lowest BCUT2D eigenvalue weighted by Gasteiger charge is -2.15. The van der Waals surface area contributed by atoms with Crippen LogP contribution in [0, 0.1) is 0 Å². The van der Waals surface area contributed by atoms with Gasteiger partial charge in [0.1, 0.15) is 0 Å². The van der Waals surface area contributed by atoms with Crippen LogP contribution in [0.2, 0.25) is 0 Å². The fourth-order valence-electron chi connectivity index (χ4n) is 2.12. The van der Waals surface area contributed by atoms with E-state index in [0.717, 1.165) is 5.66 Å². The fourth-order valence-corrected chi connectivity index (χ4v) is 4.32. The van der Waals surface area contributed by atoms with Crippen molar-refractivity contribution in [1.82, 2.24) is 0 Å². The summed E-state index contributed by atoms with van der Waals surface area (Å²) in [4.78, 5) is 0. The third-order valence-electron chi connectivity index (χ3n) is 2.99. The number of hydrogen-bond acceptors (Lipinski definition) is 0. The molecule has 1 aliphatic heterocycles. The standard InChI is InChI=1S/C12H17P.B/c1-13-9-5-8-12(13)10-11-6-3-2-4-7-11;/h2-4,6-7,12H,5,8-10H2,1H3;.